The number of nitrogens with zero attached hydrogens (tertiary/aromatic N) is 2. The normalized spacial score (nSPS) is 11.2. The lowest BCUT2D eigenvalue weighted by molar-refractivity contribution is 0.195. The Morgan fingerprint density at radius 1 is 1.44 bits per heavy atom. The standard InChI is InChI=1S/C11H16N2O3/c1-11(2,3)13(10(15)16)9-6-4-5-8(7-14)12-9/h4-6,14H,7H2,1-3H3,(H,15,16). The van der Waals surface area contributed by atoms with E-state index in [2.05, 4.69) is 4.98 Å². The fraction of sp³-hybridized carbons (Fsp3) is 0.455. The van der Waals surface area contributed by atoms with Crippen LogP contribution in [0.1, 0.15) is 26.5 Å². The van der Waals surface area contributed by atoms with E-state index in [1.807, 2.05) is 0 Å². The molecular formula is C11H16N2O3. The van der Waals surface area contributed by atoms with E-state index in [1.165, 1.54) is 4.90 Å². The zero-order valence-electron chi connectivity index (χ0n) is 9.64. The van der Waals surface area contributed by atoms with Gasteiger partial charge in [-0.3, -0.25) is 4.90 Å². The van der Waals surface area contributed by atoms with E-state index in [0.717, 1.165) is 0 Å². The van der Waals surface area contributed by atoms with Crippen LogP contribution in [0.25, 0.3) is 0 Å². The molecule has 1 rings (SSSR count). The summed E-state index contributed by atoms with van der Waals surface area (Å²) >= 11 is 0. The number of carboxylic acid groups (broad SMARTS) is 1. The van der Waals surface area contributed by atoms with Gasteiger partial charge < -0.3 is 10.2 Å². The highest BCUT2D eigenvalue weighted by atomic mass is 16.4. The highest BCUT2D eigenvalue weighted by Crippen LogP contribution is 2.22. The van der Waals surface area contributed by atoms with Crippen LogP contribution in [0, 0.1) is 0 Å². The molecule has 0 fully saturated rings. The summed E-state index contributed by atoms with van der Waals surface area (Å²) in [4.78, 5) is 16.4. The molecule has 0 atom stereocenters. The lowest BCUT2D eigenvalue weighted by atomic mass is 10.1. The maximum atomic E-state index is 11.2. The van der Waals surface area contributed by atoms with E-state index in [0.29, 0.717) is 11.5 Å². The van der Waals surface area contributed by atoms with Crippen LogP contribution >= 0.6 is 0 Å². The van der Waals surface area contributed by atoms with Crippen molar-refractivity contribution in [3.05, 3.63) is 23.9 Å². The smallest absolute Gasteiger partial charge is 0.413 e. The summed E-state index contributed by atoms with van der Waals surface area (Å²) in [5.41, 5.74) is -0.125. The molecule has 1 aromatic heterocycles. The summed E-state index contributed by atoms with van der Waals surface area (Å²) in [6.07, 6.45) is -1.06. The molecule has 16 heavy (non-hydrogen) atoms. The van der Waals surface area contributed by atoms with Crippen LogP contribution in [0.2, 0.25) is 0 Å². The number of aliphatic hydroxyl groups excluding tert-OH is 1. The van der Waals surface area contributed by atoms with E-state index in [9.17, 15) is 4.79 Å². The van der Waals surface area contributed by atoms with Crippen LogP contribution in [-0.4, -0.2) is 26.8 Å². The Labute approximate surface area is 94.4 Å². The quantitative estimate of drug-likeness (QED) is 0.804. The summed E-state index contributed by atoms with van der Waals surface area (Å²) in [5, 5.41) is 18.1. The molecule has 0 aliphatic rings. The van der Waals surface area contributed by atoms with Crippen molar-refractivity contribution in [2.24, 2.45) is 0 Å². The van der Waals surface area contributed by atoms with Gasteiger partial charge in [0.05, 0.1) is 12.3 Å². The van der Waals surface area contributed by atoms with Gasteiger partial charge in [0.2, 0.25) is 0 Å². The summed E-state index contributed by atoms with van der Waals surface area (Å²) in [7, 11) is 0. The van der Waals surface area contributed by atoms with Gasteiger partial charge in [0.25, 0.3) is 0 Å². The molecule has 1 aromatic rings. The summed E-state index contributed by atoms with van der Waals surface area (Å²) < 4.78 is 0. The molecule has 0 spiro atoms. The van der Waals surface area contributed by atoms with Gasteiger partial charge in [-0.05, 0) is 32.9 Å². The topological polar surface area (TPSA) is 73.7 Å². The number of hydrogen-bond acceptors (Lipinski definition) is 3. The fourth-order valence-electron chi connectivity index (χ4n) is 1.41. The van der Waals surface area contributed by atoms with Crippen molar-refractivity contribution in [3.8, 4) is 0 Å². The van der Waals surface area contributed by atoms with Crippen LogP contribution in [0.15, 0.2) is 18.2 Å². The minimum atomic E-state index is -1.06. The molecule has 0 saturated carbocycles. The molecule has 88 valence electrons. The van der Waals surface area contributed by atoms with Crippen LogP contribution in [-0.2, 0) is 6.61 Å². The van der Waals surface area contributed by atoms with E-state index >= 15 is 0 Å². The Bertz CT molecular complexity index is 385. The Hall–Kier alpha value is -1.62. The molecule has 0 unspecified atom stereocenters. The minimum absolute atomic E-state index is 0.203. The second-order valence-electron chi connectivity index (χ2n) is 4.43. The van der Waals surface area contributed by atoms with Gasteiger partial charge >= 0.3 is 6.09 Å². The first-order valence-electron chi connectivity index (χ1n) is 4.96. The summed E-state index contributed by atoms with van der Waals surface area (Å²) in [5.74, 6) is 0.326. The second-order valence-corrected chi connectivity index (χ2v) is 4.43. The molecule has 0 aliphatic carbocycles. The van der Waals surface area contributed by atoms with Gasteiger partial charge in [0.15, 0.2) is 0 Å². The van der Waals surface area contributed by atoms with Crippen LogP contribution in [0.4, 0.5) is 10.6 Å². The van der Waals surface area contributed by atoms with Crippen molar-refractivity contribution >= 4 is 11.9 Å². The minimum Gasteiger partial charge on any atom is -0.465 e. The largest absolute Gasteiger partial charge is 0.465 e. The molecule has 2 N–H and O–H groups in total. The third kappa shape index (κ3) is 2.70. The van der Waals surface area contributed by atoms with E-state index in [4.69, 9.17) is 10.2 Å². The molecule has 0 radical (unpaired) electrons. The molecule has 5 heteroatoms. The average molecular weight is 224 g/mol. The molecule has 0 aromatic carbocycles. The van der Waals surface area contributed by atoms with Crippen molar-refractivity contribution in [1.82, 2.24) is 4.98 Å². The Kier molecular flexibility index (Phi) is 3.49. The first kappa shape index (κ1) is 12.4. The number of carbonyl (C=O) groups is 1. The Morgan fingerprint density at radius 2 is 2.06 bits per heavy atom. The lowest BCUT2D eigenvalue weighted by Crippen LogP contribution is -2.45. The predicted octanol–water partition coefficient (Wildman–Crippen LogP) is 1.86. The van der Waals surface area contributed by atoms with Crippen molar-refractivity contribution in [2.45, 2.75) is 32.9 Å². The number of hydrogen-bond donors (Lipinski definition) is 2. The van der Waals surface area contributed by atoms with Crippen molar-refractivity contribution in [1.29, 1.82) is 0 Å². The van der Waals surface area contributed by atoms with Gasteiger partial charge in [-0.15, -0.1) is 0 Å². The first-order valence-corrected chi connectivity index (χ1v) is 4.96. The number of amides is 1. The van der Waals surface area contributed by atoms with Crippen molar-refractivity contribution in [3.63, 3.8) is 0 Å². The van der Waals surface area contributed by atoms with Crippen LogP contribution in [0.5, 0.6) is 0 Å². The number of aromatic nitrogens is 1. The number of rotatable bonds is 2. The third-order valence-electron chi connectivity index (χ3n) is 2.05. The van der Waals surface area contributed by atoms with Crippen molar-refractivity contribution < 1.29 is 15.0 Å². The molecule has 1 heterocycles. The van der Waals surface area contributed by atoms with Gasteiger partial charge in [0.1, 0.15) is 5.82 Å². The Balaban J connectivity index is 3.16. The van der Waals surface area contributed by atoms with Gasteiger partial charge in [-0.2, -0.15) is 0 Å². The lowest BCUT2D eigenvalue weighted by Gasteiger charge is -2.32. The molecular weight excluding hydrogens is 208 g/mol. The van der Waals surface area contributed by atoms with E-state index in [-0.39, 0.29) is 6.61 Å². The molecule has 1 amide bonds. The highest BCUT2D eigenvalue weighted by molar-refractivity contribution is 5.86. The number of pyridine rings is 1. The zero-order chi connectivity index (χ0) is 12.3. The maximum absolute atomic E-state index is 11.2. The summed E-state index contributed by atoms with van der Waals surface area (Å²) in [6, 6.07) is 4.93. The maximum Gasteiger partial charge on any atom is 0.413 e. The SMILES string of the molecule is CC(C)(C)N(C(=O)O)c1cccc(CO)n1. The zero-order valence-corrected chi connectivity index (χ0v) is 9.64. The molecule has 0 bridgehead atoms. The summed E-state index contributed by atoms with van der Waals surface area (Å²) in [6.45, 7) is 5.16. The van der Waals surface area contributed by atoms with Gasteiger partial charge in [-0.25, -0.2) is 9.78 Å². The van der Waals surface area contributed by atoms with Crippen molar-refractivity contribution in [2.75, 3.05) is 4.90 Å². The van der Waals surface area contributed by atoms with Crippen LogP contribution < -0.4 is 4.90 Å². The monoisotopic (exact) mass is 224 g/mol. The molecule has 0 aliphatic heterocycles. The molecule has 0 saturated heterocycles. The molecule has 5 nitrogen and oxygen atoms in total. The predicted molar refractivity (Wildman–Crippen MR) is 60.4 cm³/mol. The highest BCUT2D eigenvalue weighted by Gasteiger charge is 2.28. The van der Waals surface area contributed by atoms with E-state index < -0.39 is 11.6 Å². The number of aliphatic hydroxyl groups is 1. The van der Waals surface area contributed by atoms with Gasteiger partial charge in [0, 0.05) is 5.54 Å². The fourth-order valence-corrected chi connectivity index (χ4v) is 1.41. The average Bonchev–Trinajstić information content (AvgIpc) is 2.15. The van der Waals surface area contributed by atoms with Crippen LogP contribution in [0.3, 0.4) is 0 Å². The number of anilines is 1. The van der Waals surface area contributed by atoms with E-state index in [1.54, 1.807) is 39.0 Å². The Morgan fingerprint density at radius 3 is 2.50 bits per heavy atom. The first-order chi connectivity index (χ1) is 7.36. The third-order valence-corrected chi connectivity index (χ3v) is 2.05. The second kappa shape index (κ2) is 4.49. The van der Waals surface area contributed by atoms with Gasteiger partial charge in [-0.1, -0.05) is 6.07 Å².